The van der Waals surface area contributed by atoms with E-state index in [4.69, 9.17) is 4.74 Å². The van der Waals surface area contributed by atoms with Gasteiger partial charge in [0.25, 0.3) is 0 Å². The van der Waals surface area contributed by atoms with E-state index in [0.717, 1.165) is 12.2 Å². The Labute approximate surface area is 172 Å². The molecule has 1 unspecified atom stereocenters. The first-order chi connectivity index (χ1) is 13.8. The molecule has 0 spiro atoms. The van der Waals surface area contributed by atoms with Gasteiger partial charge in [0, 0.05) is 0 Å². The van der Waals surface area contributed by atoms with Crippen LogP contribution in [0.5, 0.6) is 17.2 Å². The molecule has 1 N–H and O–H groups in total. The molecule has 0 saturated carbocycles. The van der Waals surface area contributed by atoms with Gasteiger partial charge in [0.2, 0.25) is 0 Å². The highest BCUT2D eigenvalue weighted by atomic mass is 16.5. The van der Waals surface area contributed by atoms with Crippen molar-refractivity contribution in [1.29, 1.82) is 0 Å². The van der Waals surface area contributed by atoms with E-state index < -0.39 is 0 Å². The van der Waals surface area contributed by atoms with E-state index in [-0.39, 0.29) is 5.75 Å². The number of rotatable bonds is 14. The van der Waals surface area contributed by atoms with Crippen molar-refractivity contribution < 1.29 is 9.84 Å². The van der Waals surface area contributed by atoms with Crippen molar-refractivity contribution in [3.63, 3.8) is 0 Å². The van der Waals surface area contributed by atoms with E-state index in [1.807, 2.05) is 30.3 Å². The van der Waals surface area contributed by atoms with Crippen molar-refractivity contribution in [2.75, 3.05) is 0 Å². The van der Waals surface area contributed by atoms with Crippen LogP contribution in [0.25, 0.3) is 0 Å². The van der Waals surface area contributed by atoms with Crippen molar-refractivity contribution in [1.82, 2.24) is 0 Å². The number of hydrogen-bond acceptors (Lipinski definition) is 2. The summed E-state index contributed by atoms with van der Waals surface area (Å²) >= 11 is 0. The van der Waals surface area contributed by atoms with E-state index in [1.54, 1.807) is 6.07 Å². The van der Waals surface area contributed by atoms with Gasteiger partial charge in [-0.2, -0.15) is 0 Å². The van der Waals surface area contributed by atoms with Gasteiger partial charge >= 0.3 is 0 Å². The second-order valence-corrected chi connectivity index (χ2v) is 7.83. The van der Waals surface area contributed by atoms with Crippen LogP contribution in [-0.4, -0.2) is 5.11 Å². The molecule has 28 heavy (non-hydrogen) atoms. The standard InChI is InChI=1S/C26H38O2/c1-3-5-6-7-8-9-10-11-12-17-22(4-2)23-18-13-15-20-25(23)28-26-21-16-14-19-24(26)27/h13-16,18-22,27H,3-12,17H2,1-2H3. The predicted molar refractivity (Wildman–Crippen MR) is 119 cm³/mol. The zero-order chi connectivity index (χ0) is 20.0. The Bertz CT molecular complexity index is 665. The van der Waals surface area contributed by atoms with Crippen LogP contribution in [0.15, 0.2) is 48.5 Å². The SMILES string of the molecule is CCCCCCCCCCCC(CC)c1ccccc1Oc1ccccc1O. The van der Waals surface area contributed by atoms with Crippen molar-refractivity contribution in [2.45, 2.75) is 90.4 Å². The van der Waals surface area contributed by atoms with E-state index in [1.165, 1.54) is 69.8 Å². The lowest BCUT2D eigenvalue weighted by Gasteiger charge is -2.19. The fourth-order valence-electron chi connectivity index (χ4n) is 3.85. The number of phenolic OH excluding ortho intramolecular Hbond substituents is 1. The van der Waals surface area contributed by atoms with Crippen molar-refractivity contribution in [3.05, 3.63) is 54.1 Å². The zero-order valence-corrected chi connectivity index (χ0v) is 17.8. The van der Waals surface area contributed by atoms with Gasteiger partial charge in [-0.05, 0) is 42.5 Å². The Morgan fingerprint density at radius 1 is 0.714 bits per heavy atom. The summed E-state index contributed by atoms with van der Waals surface area (Å²) in [6.07, 6.45) is 14.6. The first kappa shape index (κ1) is 22.3. The number of hydrogen-bond donors (Lipinski definition) is 1. The molecule has 0 aliphatic carbocycles. The summed E-state index contributed by atoms with van der Waals surface area (Å²) in [5.41, 5.74) is 1.26. The molecule has 2 aromatic rings. The first-order valence-corrected chi connectivity index (χ1v) is 11.3. The van der Waals surface area contributed by atoms with Crippen molar-refractivity contribution >= 4 is 0 Å². The van der Waals surface area contributed by atoms with Gasteiger partial charge in [0.05, 0.1) is 0 Å². The van der Waals surface area contributed by atoms with Crippen LogP contribution in [0.3, 0.4) is 0 Å². The van der Waals surface area contributed by atoms with E-state index >= 15 is 0 Å². The summed E-state index contributed by atoms with van der Waals surface area (Å²) in [5, 5.41) is 10.0. The van der Waals surface area contributed by atoms with Crippen molar-refractivity contribution in [3.8, 4) is 17.2 Å². The molecule has 0 fully saturated rings. The van der Waals surface area contributed by atoms with Crippen LogP contribution < -0.4 is 4.74 Å². The van der Waals surface area contributed by atoms with Crippen LogP contribution in [0.4, 0.5) is 0 Å². The molecule has 0 radical (unpaired) electrons. The number of benzene rings is 2. The third-order valence-electron chi connectivity index (χ3n) is 5.59. The molecule has 2 nitrogen and oxygen atoms in total. The zero-order valence-electron chi connectivity index (χ0n) is 17.8. The van der Waals surface area contributed by atoms with Crippen molar-refractivity contribution in [2.24, 2.45) is 0 Å². The Morgan fingerprint density at radius 2 is 1.29 bits per heavy atom. The monoisotopic (exact) mass is 382 g/mol. The average molecular weight is 383 g/mol. The number of ether oxygens (including phenoxy) is 1. The van der Waals surface area contributed by atoms with Gasteiger partial charge in [0.1, 0.15) is 5.75 Å². The highest BCUT2D eigenvalue weighted by Gasteiger charge is 2.15. The molecule has 0 saturated heterocycles. The fourth-order valence-corrected chi connectivity index (χ4v) is 3.85. The highest BCUT2D eigenvalue weighted by molar-refractivity contribution is 5.45. The molecular formula is C26H38O2. The van der Waals surface area contributed by atoms with Gasteiger partial charge in [-0.15, -0.1) is 0 Å². The molecule has 0 aliphatic heterocycles. The maximum Gasteiger partial charge on any atom is 0.169 e. The molecule has 0 aromatic heterocycles. The molecule has 2 aromatic carbocycles. The smallest absolute Gasteiger partial charge is 0.169 e. The van der Waals surface area contributed by atoms with Crippen LogP contribution in [0.1, 0.15) is 96.0 Å². The molecule has 1 atom stereocenters. The maximum atomic E-state index is 10.0. The maximum absolute atomic E-state index is 10.0. The molecular weight excluding hydrogens is 344 g/mol. The molecule has 0 amide bonds. The lowest BCUT2D eigenvalue weighted by atomic mass is 9.90. The number of aromatic hydroxyl groups is 1. The van der Waals surface area contributed by atoms with Crippen LogP contribution in [0.2, 0.25) is 0 Å². The van der Waals surface area contributed by atoms with Gasteiger partial charge in [-0.25, -0.2) is 0 Å². The molecule has 2 heteroatoms. The van der Waals surface area contributed by atoms with E-state index in [9.17, 15) is 5.11 Å². The van der Waals surface area contributed by atoms with E-state index in [0.29, 0.717) is 11.7 Å². The van der Waals surface area contributed by atoms with Gasteiger partial charge in [0.15, 0.2) is 11.5 Å². The second-order valence-electron chi connectivity index (χ2n) is 7.83. The second kappa shape index (κ2) is 13.3. The minimum Gasteiger partial charge on any atom is -0.504 e. The van der Waals surface area contributed by atoms with Crippen LogP contribution in [-0.2, 0) is 0 Å². The normalized spacial score (nSPS) is 12.1. The summed E-state index contributed by atoms with van der Waals surface area (Å²) in [6, 6.07) is 15.5. The number of phenols is 1. The summed E-state index contributed by atoms with van der Waals surface area (Å²) in [4.78, 5) is 0. The Kier molecular flexibility index (Phi) is 10.6. The highest BCUT2D eigenvalue weighted by Crippen LogP contribution is 2.37. The average Bonchev–Trinajstić information content (AvgIpc) is 2.72. The minimum atomic E-state index is 0.185. The molecule has 0 bridgehead atoms. The van der Waals surface area contributed by atoms with E-state index in [2.05, 4.69) is 26.0 Å². The number of para-hydroxylation sites is 3. The van der Waals surface area contributed by atoms with Gasteiger partial charge in [-0.1, -0.05) is 102 Å². The Balaban J connectivity index is 1.83. The topological polar surface area (TPSA) is 29.5 Å². The van der Waals surface area contributed by atoms with Crippen LogP contribution in [0, 0.1) is 0 Å². The molecule has 154 valence electrons. The fraction of sp³-hybridized carbons (Fsp3) is 0.538. The Hall–Kier alpha value is -1.96. The van der Waals surface area contributed by atoms with Gasteiger partial charge in [-0.3, -0.25) is 0 Å². The summed E-state index contributed by atoms with van der Waals surface area (Å²) in [7, 11) is 0. The number of unbranched alkanes of at least 4 members (excludes halogenated alkanes) is 8. The third kappa shape index (κ3) is 7.58. The summed E-state index contributed by atoms with van der Waals surface area (Å²) < 4.78 is 6.06. The first-order valence-electron chi connectivity index (χ1n) is 11.3. The van der Waals surface area contributed by atoms with Crippen LogP contribution >= 0.6 is 0 Å². The largest absolute Gasteiger partial charge is 0.504 e. The lowest BCUT2D eigenvalue weighted by molar-refractivity contribution is 0.404. The Morgan fingerprint density at radius 3 is 1.93 bits per heavy atom. The predicted octanol–water partition coefficient (Wildman–Crippen LogP) is 8.60. The third-order valence-corrected chi connectivity index (χ3v) is 5.59. The molecule has 0 aliphatic rings. The van der Waals surface area contributed by atoms with Gasteiger partial charge < -0.3 is 9.84 Å². The summed E-state index contributed by atoms with van der Waals surface area (Å²) in [6.45, 7) is 4.53. The summed E-state index contributed by atoms with van der Waals surface area (Å²) in [5.74, 6) is 2.08. The quantitative estimate of drug-likeness (QED) is 0.331. The lowest BCUT2D eigenvalue weighted by Crippen LogP contribution is -2.01. The minimum absolute atomic E-state index is 0.185. The molecule has 2 rings (SSSR count). The molecule has 0 heterocycles.